The van der Waals surface area contributed by atoms with Crippen LogP contribution in [0.5, 0.6) is 5.75 Å². The molecular formula is C24H21FN4O4. The van der Waals surface area contributed by atoms with E-state index >= 15 is 0 Å². The minimum absolute atomic E-state index is 0.000787. The number of hydrogen-bond acceptors (Lipinski definition) is 5. The number of primary amides is 1. The summed E-state index contributed by atoms with van der Waals surface area (Å²) in [6.45, 7) is 0.201. The molecule has 2 aromatic carbocycles. The summed E-state index contributed by atoms with van der Waals surface area (Å²) in [5.74, 6) is -0.343. The Balaban J connectivity index is 1.68. The number of aromatic amines is 1. The van der Waals surface area contributed by atoms with Gasteiger partial charge in [-0.05, 0) is 48.0 Å². The number of nitrogens with two attached hydrogens (primary N) is 1. The Morgan fingerprint density at radius 3 is 2.70 bits per heavy atom. The van der Waals surface area contributed by atoms with Gasteiger partial charge in [-0.25, -0.2) is 4.39 Å². The fourth-order valence-corrected chi connectivity index (χ4v) is 3.23. The second-order valence-corrected chi connectivity index (χ2v) is 7.19. The van der Waals surface area contributed by atoms with Crippen molar-refractivity contribution in [3.63, 3.8) is 0 Å². The quantitative estimate of drug-likeness (QED) is 0.361. The number of carbonyl (C=O) groups is 2. The maximum absolute atomic E-state index is 13.2. The van der Waals surface area contributed by atoms with Gasteiger partial charge in [-0.1, -0.05) is 18.2 Å². The SMILES string of the molecule is NC(=O)CCOc1c(C(=O)NCc2ccco2)ccc2[nH]nc(C=Cc3ccc(F)cc3)c12. The molecule has 168 valence electrons. The first-order chi connectivity index (χ1) is 16.0. The molecule has 0 aliphatic rings. The highest BCUT2D eigenvalue weighted by Gasteiger charge is 2.20. The van der Waals surface area contributed by atoms with Crippen molar-refractivity contribution < 1.29 is 23.1 Å². The number of amides is 2. The van der Waals surface area contributed by atoms with Crippen molar-refractivity contribution in [2.45, 2.75) is 13.0 Å². The minimum atomic E-state index is -0.519. The normalized spacial score (nSPS) is 11.2. The van der Waals surface area contributed by atoms with E-state index in [-0.39, 0.29) is 42.6 Å². The summed E-state index contributed by atoms with van der Waals surface area (Å²) < 4.78 is 24.3. The smallest absolute Gasteiger partial charge is 0.255 e. The Morgan fingerprint density at radius 2 is 1.97 bits per heavy atom. The topological polar surface area (TPSA) is 123 Å². The molecule has 0 spiro atoms. The molecule has 0 saturated carbocycles. The number of ether oxygens (including phenoxy) is 1. The number of halogens is 1. The zero-order valence-corrected chi connectivity index (χ0v) is 17.5. The second kappa shape index (κ2) is 9.82. The second-order valence-electron chi connectivity index (χ2n) is 7.19. The number of fused-ring (bicyclic) bond motifs is 1. The molecule has 33 heavy (non-hydrogen) atoms. The number of furan rings is 1. The van der Waals surface area contributed by atoms with Gasteiger partial charge in [0.25, 0.3) is 5.91 Å². The summed E-state index contributed by atoms with van der Waals surface area (Å²) in [6, 6.07) is 12.8. The van der Waals surface area contributed by atoms with Crippen LogP contribution in [0.3, 0.4) is 0 Å². The maximum atomic E-state index is 13.2. The third kappa shape index (κ3) is 5.27. The molecule has 0 unspecified atom stereocenters. The van der Waals surface area contributed by atoms with Gasteiger partial charge in [0.1, 0.15) is 17.3 Å². The molecule has 8 nitrogen and oxygen atoms in total. The average molecular weight is 448 g/mol. The van der Waals surface area contributed by atoms with Crippen LogP contribution < -0.4 is 15.8 Å². The molecule has 0 atom stereocenters. The zero-order chi connectivity index (χ0) is 23.2. The van der Waals surface area contributed by atoms with Crippen LogP contribution in [-0.2, 0) is 11.3 Å². The number of carbonyl (C=O) groups excluding carboxylic acids is 2. The van der Waals surface area contributed by atoms with Crippen LogP contribution in [0.15, 0.2) is 59.2 Å². The lowest BCUT2D eigenvalue weighted by Gasteiger charge is -2.13. The first-order valence-electron chi connectivity index (χ1n) is 10.2. The summed E-state index contributed by atoms with van der Waals surface area (Å²) in [5.41, 5.74) is 7.45. The van der Waals surface area contributed by atoms with E-state index in [0.29, 0.717) is 22.4 Å². The van der Waals surface area contributed by atoms with Crippen molar-refractivity contribution in [1.29, 1.82) is 0 Å². The third-order valence-corrected chi connectivity index (χ3v) is 4.86. The van der Waals surface area contributed by atoms with Crippen molar-refractivity contribution in [2.75, 3.05) is 6.61 Å². The fraction of sp³-hybridized carbons (Fsp3) is 0.125. The van der Waals surface area contributed by atoms with Gasteiger partial charge in [-0.3, -0.25) is 14.7 Å². The first-order valence-corrected chi connectivity index (χ1v) is 10.2. The molecule has 2 aromatic heterocycles. The van der Waals surface area contributed by atoms with Crippen LogP contribution in [0.4, 0.5) is 4.39 Å². The molecule has 2 heterocycles. The van der Waals surface area contributed by atoms with Gasteiger partial charge in [0.05, 0.1) is 48.0 Å². The van der Waals surface area contributed by atoms with Crippen LogP contribution in [0.25, 0.3) is 23.1 Å². The Bertz CT molecular complexity index is 1290. The lowest BCUT2D eigenvalue weighted by atomic mass is 10.1. The molecular weight excluding hydrogens is 427 g/mol. The number of hydrogen-bond donors (Lipinski definition) is 3. The van der Waals surface area contributed by atoms with Crippen LogP contribution >= 0.6 is 0 Å². The van der Waals surface area contributed by atoms with Crippen molar-refractivity contribution >= 4 is 34.9 Å². The van der Waals surface area contributed by atoms with Crippen LogP contribution in [0.2, 0.25) is 0 Å². The molecule has 4 rings (SSSR count). The monoisotopic (exact) mass is 448 g/mol. The molecule has 0 aliphatic carbocycles. The first kappa shape index (κ1) is 21.8. The van der Waals surface area contributed by atoms with Crippen LogP contribution in [0, 0.1) is 5.82 Å². The molecule has 0 radical (unpaired) electrons. The van der Waals surface area contributed by atoms with Gasteiger partial charge in [-0.15, -0.1) is 0 Å². The Labute approximate surface area is 188 Å². The number of H-pyrrole nitrogens is 1. The highest BCUT2D eigenvalue weighted by atomic mass is 19.1. The van der Waals surface area contributed by atoms with Gasteiger partial charge in [0.2, 0.25) is 5.91 Å². The Hall–Kier alpha value is -4.40. The molecule has 2 amide bonds. The van der Waals surface area contributed by atoms with E-state index < -0.39 is 5.91 Å². The van der Waals surface area contributed by atoms with Crippen molar-refractivity contribution in [2.24, 2.45) is 5.73 Å². The van der Waals surface area contributed by atoms with Gasteiger partial charge in [0, 0.05) is 0 Å². The fourth-order valence-electron chi connectivity index (χ4n) is 3.23. The van der Waals surface area contributed by atoms with E-state index in [1.54, 1.807) is 48.6 Å². The minimum Gasteiger partial charge on any atom is -0.491 e. The summed E-state index contributed by atoms with van der Waals surface area (Å²) in [4.78, 5) is 24.1. The molecule has 0 fully saturated rings. The Morgan fingerprint density at radius 1 is 1.15 bits per heavy atom. The lowest BCUT2D eigenvalue weighted by Crippen LogP contribution is -2.23. The van der Waals surface area contributed by atoms with E-state index in [2.05, 4.69) is 15.5 Å². The molecule has 4 N–H and O–H groups in total. The number of nitrogens with zero attached hydrogens (tertiary/aromatic N) is 1. The van der Waals surface area contributed by atoms with Gasteiger partial charge >= 0.3 is 0 Å². The number of rotatable bonds is 9. The standard InChI is InChI=1S/C24H21FN4O4/c25-16-6-3-15(4-7-16)5-9-19-22-20(29-28-19)10-8-18(23(22)33-13-11-21(26)30)24(31)27-14-17-2-1-12-32-17/h1-10,12H,11,13-14H2,(H2,26,30)(H,27,31)(H,28,29). The molecule has 0 aliphatic heterocycles. The largest absolute Gasteiger partial charge is 0.491 e. The molecule has 9 heteroatoms. The summed E-state index contributed by atoms with van der Waals surface area (Å²) in [6.07, 6.45) is 5.02. The average Bonchev–Trinajstić information content (AvgIpc) is 3.47. The highest BCUT2D eigenvalue weighted by molar-refractivity contribution is 6.05. The summed E-state index contributed by atoms with van der Waals surface area (Å²) >= 11 is 0. The maximum Gasteiger partial charge on any atom is 0.255 e. The van der Waals surface area contributed by atoms with Crippen molar-refractivity contribution in [3.05, 3.63) is 83.2 Å². The molecule has 4 aromatic rings. The van der Waals surface area contributed by atoms with Gasteiger partial charge in [-0.2, -0.15) is 5.10 Å². The van der Waals surface area contributed by atoms with E-state index in [4.69, 9.17) is 14.9 Å². The number of benzene rings is 2. The van der Waals surface area contributed by atoms with E-state index in [1.165, 1.54) is 18.4 Å². The lowest BCUT2D eigenvalue weighted by molar-refractivity contribution is -0.118. The van der Waals surface area contributed by atoms with Gasteiger partial charge in [0.15, 0.2) is 0 Å². The van der Waals surface area contributed by atoms with Crippen molar-refractivity contribution in [1.82, 2.24) is 15.5 Å². The van der Waals surface area contributed by atoms with E-state index in [1.807, 2.05) is 0 Å². The highest BCUT2D eigenvalue weighted by Crippen LogP contribution is 2.33. The predicted molar refractivity (Wildman–Crippen MR) is 121 cm³/mol. The number of nitrogens with one attached hydrogen (secondary N) is 2. The predicted octanol–water partition coefficient (Wildman–Crippen LogP) is 3.65. The van der Waals surface area contributed by atoms with Crippen LogP contribution in [-0.4, -0.2) is 28.6 Å². The summed E-state index contributed by atoms with van der Waals surface area (Å²) in [7, 11) is 0. The van der Waals surface area contributed by atoms with Crippen molar-refractivity contribution in [3.8, 4) is 5.75 Å². The molecule has 0 bridgehead atoms. The van der Waals surface area contributed by atoms with Gasteiger partial charge < -0.3 is 20.2 Å². The molecule has 0 saturated heterocycles. The third-order valence-electron chi connectivity index (χ3n) is 4.86. The van der Waals surface area contributed by atoms with E-state index in [9.17, 15) is 14.0 Å². The summed E-state index contributed by atoms with van der Waals surface area (Å²) in [5, 5.41) is 10.6. The number of aromatic nitrogens is 2. The Kier molecular flexibility index (Phi) is 6.49. The van der Waals surface area contributed by atoms with Crippen LogP contribution in [0.1, 0.15) is 33.8 Å². The van der Waals surface area contributed by atoms with E-state index in [0.717, 1.165) is 5.56 Å². The zero-order valence-electron chi connectivity index (χ0n) is 17.5.